The van der Waals surface area contributed by atoms with E-state index in [4.69, 9.17) is 41.7 Å². The van der Waals surface area contributed by atoms with Crippen LogP contribution >= 0.6 is 0 Å². The van der Waals surface area contributed by atoms with Gasteiger partial charge in [0.05, 0.1) is 12.8 Å². The van der Waals surface area contributed by atoms with Crippen LogP contribution in [0, 0.1) is 0 Å². The molecule has 0 spiro atoms. The van der Waals surface area contributed by atoms with Gasteiger partial charge in [-0.3, -0.25) is 9.59 Å². The number of carbonyl (C=O) groups is 6. The molecule has 0 bridgehead atoms. The zero-order valence-electron chi connectivity index (χ0n) is 30.8. The van der Waals surface area contributed by atoms with Crippen molar-refractivity contribution >= 4 is 44.6 Å². The van der Waals surface area contributed by atoms with E-state index in [-0.39, 0.29) is 48.2 Å². The van der Waals surface area contributed by atoms with E-state index in [1.165, 1.54) is 49.0 Å². The Morgan fingerprint density at radius 2 is 0.824 bits per heavy atom. The minimum Gasteiger partial charge on any atom is -0.458 e. The second kappa shape index (κ2) is 24.9. The Labute approximate surface area is 301 Å². The van der Waals surface area contributed by atoms with Crippen molar-refractivity contribution in [2.45, 2.75) is 65.2 Å². The predicted octanol–water partition coefficient (Wildman–Crippen LogP) is 2.64. The highest BCUT2D eigenvalue weighted by molar-refractivity contribution is 6.60. The van der Waals surface area contributed by atoms with Gasteiger partial charge in [0.2, 0.25) is 0 Å². The van der Waals surface area contributed by atoms with Gasteiger partial charge in [0, 0.05) is 62.8 Å². The zero-order valence-corrected chi connectivity index (χ0v) is 31.8. The summed E-state index contributed by atoms with van der Waals surface area (Å²) in [5.41, 5.74) is 0.510. The summed E-state index contributed by atoms with van der Waals surface area (Å²) in [6.45, 7) is 18.9. The predicted molar refractivity (Wildman–Crippen MR) is 185 cm³/mol. The van der Waals surface area contributed by atoms with E-state index in [0.29, 0.717) is 19.0 Å². The van der Waals surface area contributed by atoms with Crippen molar-refractivity contribution in [3.8, 4) is 0 Å². The molecule has 0 aromatic carbocycles. The van der Waals surface area contributed by atoms with Crippen LogP contribution in [0.25, 0.3) is 0 Å². The van der Waals surface area contributed by atoms with Gasteiger partial charge in [0.25, 0.3) is 0 Å². The molecule has 288 valence electrons. The molecule has 0 radical (unpaired) electrons. The third-order valence-electron chi connectivity index (χ3n) is 6.75. The number of carbonyl (C=O) groups excluding carboxylic acids is 6. The average Bonchev–Trinajstić information content (AvgIpc) is 3.08. The zero-order chi connectivity index (χ0) is 39.1. The molecule has 16 nitrogen and oxygen atoms in total. The first kappa shape index (κ1) is 46.8. The molecule has 0 amide bonds. The minimum atomic E-state index is -2.92. The van der Waals surface area contributed by atoms with E-state index in [0.717, 1.165) is 0 Å². The van der Waals surface area contributed by atoms with Crippen LogP contribution in [0.2, 0.25) is 6.04 Å². The molecule has 0 saturated heterocycles. The van der Waals surface area contributed by atoms with E-state index < -0.39 is 83.3 Å². The number of rotatable bonds is 27. The van der Waals surface area contributed by atoms with Crippen molar-refractivity contribution in [2.24, 2.45) is 0 Å². The maximum absolute atomic E-state index is 12.9. The molecule has 0 aromatic rings. The Hall–Kier alpha value is -4.16. The van der Waals surface area contributed by atoms with E-state index in [1.54, 1.807) is 4.90 Å². The summed E-state index contributed by atoms with van der Waals surface area (Å²) in [6, 6.07) is 0.427. The van der Waals surface area contributed by atoms with Gasteiger partial charge in [0.15, 0.2) is 12.2 Å². The molecule has 17 heteroatoms. The number of nitrogens with zero attached hydrogens (tertiary/aromatic N) is 1. The van der Waals surface area contributed by atoms with Crippen LogP contribution < -0.4 is 0 Å². The van der Waals surface area contributed by atoms with Gasteiger partial charge in [-0.1, -0.05) is 26.3 Å². The average molecular weight is 744 g/mol. The van der Waals surface area contributed by atoms with Crippen LogP contribution in [0.15, 0.2) is 48.6 Å². The first-order chi connectivity index (χ1) is 23.9. The lowest BCUT2D eigenvalue weighted by Crippen LogP contribution is -2.43. The lowest BCUT2D eigenvalue weighted by Gasteiger charge is -2.27. The lowest BCUT2D eigenvalue weighted by molar-refractivity contribution is -0.165. The third-order valence-corrected chi connectivity index (χ3v) is 9.58. The van der Waals surface area contributed by atoms with Crippen molar-refractivity contribution < 1.29 is 70.5 Å². The van der Waals surface area contributed by atoms with E-state index >= 15 is 0 Å². The summed E-state index contributed by atoms with van der Waals surface area (Å²) in [6.07, 6.45) is -2.05. The van der Waals surface area contributed by atoms with Crippen LogP contribution in [0.4, 0.5) is 0 Å². The van der Waals surface area contributed by atoms with Gasteiger partial charge in [-0.2, -0.15) is 0 Å². The van der Waals surface area contributed by atoms with E-state index in [2.05, 4.69) is 26.3 Å². The standard InChI is InChI=1S/C34H53NO15Si/c1-23(2)31(38)45-19-27(20-46-32(39)24(3)4)49-29(36)13-16-35(15-12-18-51(42-9,43-10)44-11)17-14-30(37)50-28(21-47-33(40)25(5)6)22-48-34(41)26(7)8/h27-28H,1,3,5,7,12-22H2,2,4,6,8-11H3. The van der Waals surface area contributed by atoms with Crippen molar-refractivity contribution in [2.75, 3.05) is 67.4 Å². The number of esters is 6. The van der Waals surface area contributed by atoms with Crippen LogP contribution in [0.5, 0.6) is 0 Å². The third kappa shape index (κ3) is 20.3. The largest absolute Gasteiger partial charge is 0.500 e. The first-order valence-corrected chi connectivity index (χ1v) is 17.9. The Morgan fingerprint density at radius 3 is 1.08 bits per heavy atom. The SMILES string of the molecule is C=C(C)C(=O)OCC(COC(=O)C(=C)C)OC(=O)CCN(CCC[Si](OC)(OC)OC)CCC(=O)OC(COC(=O)C(=C)C)COC(=O)C(=C)C. The fourth-order valence-corrected chi connectivity index (χ4v) is 5.50. The first-order valence-electron chi connectivity index (χ1n) is 16.0. The van der Waals surface area contributed by atoms with Crippen molar-refractivity contribution in [3.05, 3.63) is 48.6 Å². The van der Waals surface area contributed by atoms with Crippen LogP contribution in [-0.4, -0.2) is 129 Å². The summed E-state index contributed by atoms with van der Waals surface area (Å²) in [5.74, 6) is -4.25. The van der Waals surface area contributed by atoms with Crippen LogP contribution in [0.1, 0.15) is 47.0 Å². The van der Waals surface area contributed by atoms with Crippen LogP contribution in [-0.2, 0) is 70.5 Å². The Kier molecular flexibility index (Phi) is 22.9. The number of hydrogen-bond acceptors (Lipinski definition) is 16. The molecule has 0 fully saturated rings. The topological polar surface area (TPSA) is 189 Å². The van der Waals surface area contributed by atoms with Gasteiger partial charge >= 0.3 is 44.6 Å². The molecule has 0 atom stereocenters. The highest BCUT2D eigenvalue weighted by atomic mass is 28.4. The van der Waals surface area contributed by atoms with E-state index in [1.807, 2.05) is 0 Å². The smallest absolute Gasteiger partial charge is 0.458 e. The molecule has 0 aliphatic heterocycles. The molecule has 0 saturated carbocycles. The maximum atomic E-state index is 12.9. The highest BCUT2D eigenvalue weighted by Crippen LogP contribution is 2.16. The molecule has 0 aliphatic carbocycles. The summed E-state index contributed by atoms with van der Waals surface area (Å²) >= 11 is 0. The monoisotopic (exact) mass is 743 g/mol. The molecule has 0 N–H and O–H groups in total. The Morgan fingerprint density at radius 1 is 0.529 bits per heavy atom. The molecule has 51 heavy (non-hydrogen) atoms. The molecule has 0 rings (SSSR count). The normalized spacial score (nSPS) is 11.1. The highest BCUT2D eigenvalue weighted by Gasteiger charge is 2.37. The van der Waals surface area contributed by atoms with Gasteiger partial charge in [-0.15, -0.1) is 0 Å². The van der Waals surface area contributed by atoms with Crippen molar-refractivity contribution in [1.29, 1.82) is 0 Å². The fourth-order valence-electron chi connectivity index (χ4n) is 3.80. The van der Waals surface area contributed by atoms with Crippen LogP contribution in [0.3, 0.4) is 0 Å². The quantitative estimate of drug-likeness (QED) is 0.0516. The molecule has 0 aliphatic rings. The molecule has 0 heterocycles. The lowest BCUT2D eigenvalue weighted by atomic mass is 10.3. The van der Waals surface area contributed by atoms with Crippen molar-refractivity contribution in [1.82, 2.24) is 4.90 Å². The Bertz CT molecular complexity index is 1110. The molecular formula is C34H53NO15Si. The van der Waals surface area contributed by atoms with Gasteiger partial charge in [0.1, 0.15) is 26.4 Å². The second-order valence-corrected chi connectivity index (χ2v) is 14.6. The molecular weight excluding hydrogens is 690 g/mol. The van der Waals surface area contributed by atoms with Gasteiger partial charge in [-0.05, 0) is 40.7 Å². The minimum absolute atomic E-state index is 0.118. The van der Waals surface area contributed by atoms with Crippen molar-refractivity contribution in [3.63, 3.8) is 0 Å². The van der Waals surface area contributed by atoms with E-state index in [9.17, 15) is 28.8 Å². The summed E-state index contributed by atoms with van der Waals surface area (Å²) in [5, 5.41) is 0. The molecule has 0 unspecified atom stereocenters. The summed E-state index contributed by atoms with van der Waals surface area (Å²) in [7, 11) is 1.53. The molecule has 0 aromatic heterocycles. The maximum Gasteiger partial charge on any atom is 0.500 e. The van der Waals surface area contributed by atoms with Gasteiger partial charge in [-0.25, -0.2) is 19.2 Å². The Balaban J connectivity index is 5.68. The number of hydrogen-bond donors (Lipinski definition) is 0. The number of ether oxygens (including phenoxy) is 6. The summed E-state index contributed by atoms with van der Waals surface area (Å²) < 4.78 is 47.7. The fraction of sp³-hybridized carbons (Fsp3) is 0.588. The summed E-state index contributed by atoms with van der Waals surface area (Å²) in [4.78, 5) is 75.3. The van der Waals surface area contributed by atoms with Gasteiger partial charge < -0.3 is 46.6 Å². The second-order valence-electron chi connectivity index (χ2n) is 11.5.